The number of aryl methyl sites for hydroxylation is 1. The summed E-state index contributed by atoms with van der Waals surface area (Å²) >= 11 is 0. The second-order valence-electron chi connectivity index (χ2n) is 8.22. The van der Waals surface area contributed by atoms with Gasteiger partial charge in [-0.3, -0.25) is 9.48 Å². The number of benzene rings is 1. The number of nitriles is 1. The van der Waals surface area contributed by atoms with E-state index in [0.717, 1.165) is 23.2 Å². The maximum Gasteiger partial charge on any atom is 0.306 e. The van der Waals surface area contributed by atoms with Crippen molar-refractivity contribution in [2.75, 3.05) is 0 Å². The van der Waals surface area contributed by atoms with Gasteiger partial charge in [-0.25, -0.2) is 0 Å². The van der Waals surface area contributed by atoms with Crippen LogP contribution in [0.3, 0.4) is 0 Å². The average molecular weight is 365 g/mol. The van der Waals surface area contributed by atoms with Crippen molar-refractivity contribution >= 4 is 16.9 Å². The number of rotatable bonds is 4. The largest absolute Gasteiger partial charge is 0.481 e. The highest BCUT2D eigenvalue weighted by Gasteiger charge is 2.39. The Labute approximate surface area is 160 Å². The smallest absolute Gasteiger partial charge is 0.306 e. The van der Waals surface area contributed by atoms with Gasteiger partial charge in [-0.1, -0.05) is 31.9 Å². The summed E-state index contributed by atoms with van der Waals surface area (Å²) < 4.78 is 2.21. The minimum Gasteiger partial charge on any atom is -0.481 e. The van der Waals surface area contributed by atoms with Crippen molar-refractivity contribution in [2.24, 2.45) is 5.92 Å². The van der Waals surface area contributed by atoms with Gasteiger partial charge in [0.2, 0.25) is 0 Å². The fourth-order valence-corrected chi connectivity index (χ4v) is 5.01. The zero-order valence-electron chi connectivity index (χ0n) is 15.9. The lowest BCUT2D eigenvalue weighted by Gasteiger charge is -2.34. The van der Waals surface area contributed by atoms with Gasteiger partial charge in [0, 0.05) is 5.39 Å². The third-order valence-electron chi connectivity index (χ3n) is 6.74. The molecule has 0 amide bonds. The van der Waals surface area contributed by atoms with Gasteiger partial charge in [-0.2, -0.15) is 10.4 Å². The molecule has 2 fully saturated rings. The van der Waals surface area contributed by atoms with E-state index in [4.69, 9.17) is 5.10 Å². The molecule has 1 aromatic carbocycles. The van der Waals surface area contributed by atoms with E-state index in [1.165, 1.54) is 31.1 Å². The second-order valence-corrected chi connectivity index (χ2v) is 8.22. The Morgan fingerprint density at radius 3 is 2.59 bits per heavy atom. The third-order valence-corrected chi connectivity index (χ3v) is 6.74. The summed E-state index contributed by atoms with van der Waals surface area (Å²) in [6.45, 7) is 2.14. The number of carboxylic acid groups (broad SMARTS) is 1. The van der Waals surface area contributed by atoms with Crippen LogP contribution in [0.2, 0.25) is 0 Å². The van der Waals surface area contributed by atoms with Gasteiger partial charge >= 0.3 is 5.97 Å². The van der Waals surface area contributed by atoms with Gasteiger partial charge in [-0.15, -0.1) is 0 Å². The van der Waals surface area contributed by atoms with E-state index in [-0.39, 0.29) is 5.92 Å². The Bertz CT molecular complexity index is 894. The number of hydrogen-bond donors (Lipinski definition) is 1. The van der Waals surface area contributed by atoms with E-state index in [1.54, 1.807) is 0 Å². The molecule has 2 aliphatic rings. The van der Waals surface area contributed by atoms with Gasteiger partial charge in [-0.05, 0) is 56.6 Å². The summed E-state index contributed by atoms with van der Waals surface area (Å²) in [5.41, 5.74) is 2.73. The molecular weight excluding hydrogens is 338 g/mol. The average Bonchev–Trinajstić information content (AvgIpc) is 3.35. The molecule has 2 aromatic rings. The van der Waals surface area contributed by atoms with E-state index >= 15 is 0 Å². The summed E-state index contributed by atoms with van der Waals surface area (Å²) in [7, 11) is 0. The molecule has 0 aliphatic heterocycles. The van der Waals surface area contributed by atoms with Gasteiger partial charge < -0.3 is 5.11 Å². The molecule has 27 heavy (non-hydrogen) atoms. The highest BCUT2D eigenvalue weighted by atomic mass is 16.4. The molecule has 0 radical (unpaired) electrons. The standard InChI is InChI=1S/C22H27N3O2/c1-2-19-18-8-7-16(13-20(18)25(24-19)17-5-3-4-6-17)22(14-23)11-9-15(10-12-22)21(26)27/h7-8,13,15,17H,2-6,9-12H2,1H3,(H,26,27). The summed E-state index contributed by atoms with van der Waals surface area (Å²) in [4.78, 5) is 11.3. The topological polar surface area (TPSA) is 78.9 Å². The highest BCUT2D eigenvalue weighted by molar-refractivity contribution is 5.83. The molecule has 0 saturated heterocycles. The fourth-order valence-electron chi connectivity index (χ4n) is 5.01. The van der Waals surface area contributed by atoms with E-state index in [9.17, 15) is 15.2 Å². The van der Waals surface area contributed by atoms with Crippen LogP contribution in [0.4, 0.5) is 0 Å². The van der Waals surface area contributed by atoms with Crippen LogP contribution in [-0.2, 0) is 16.6 Å². The van der Waals surface area contributed by atoms with Crippen molar-refractivity contribution in [1.82, 2.24) is 9.78 Å². The predicted molar refractivity (Wildman–Crippen MR) is 104 cm³/mol. The number of aromatic nitrogens is 2. The molecule has 1 aromatic heterocycles. The summed E-state index contributed by atoms with van der Waals surface area (Å²) in [6, 6.07) is 9.38. The number of nitrogens with zero attached hydrogens (tertiary/aromatic N) is 3. The van der Waals surface area contributed by atoms with E-state index in [1.807, 2.05) is 0 Å². The molecule has 2 saturated carbocycles. The first kappa shape index (κ1) is 18.0. The molecular formula is C22H27N3O2. The van der Waals surface area contributed by atoms with E-state index in [0.29, 0.717) is 31.7 Å². The second kappa shape index (κ2) is 6.99. The molecule has 0 unspecified atom stereocenters. The molecule has 5 heteroatoms. The Kier molecular flexibility index (Phi) is 4.67. The molecule has 0 spiro atoms. The zero-order valence-corrected chi connectivity index (χ0v) is 15.9. The molecule has 2 aliphatic carbocycles. The lowest BCUT2D eigenvalue weighted by atomic mass is 9.67. The normalized spacial score (nSPS) is 26.3. The predicted octanol–water partition coefficient (Wildman–Crippen LogP) is 4.75. The molecule has 1 heterocycles. The number of fused-ring (bicyclic) bond motifs is 1. The van der Waals surface area contributed by atoms with Crippen molar-refractivity contribution in [3.05, 3.63) is 29.5 Å². The number of hydrogen-bond acceptors (Lipinski definition) is 3. The first-order valence-electron chi connectivity index (χ1n) is 10.2. The van der Waals surface area contributed by atoms with Crippen molar-refractivity contribution in [2.45, 2.75) is 76.2 Å². The summed E-state index contributed by atoms with van der Waals surface area (Å²) in [6.07, 6.45) is 8.14. The number of carboxylic acids is 1. The van der Waals surface area contributed by atoms with Crippen LogP contribution in [0.25, 0.3) is 10.9 Å². The molecule has 4 rings (SSSR count). The minimum atomic E-state index is -0.733. The minimum absolute atomic E-state index is 0.314. The molecule has 0 bridgehead atoms. The Balaban J connectivity index is 1.75. The van der Waals surface area contributed by atoms with E-state index < -0.39 is 11.4 Å². The first-order chi connectivity index (χ1) is 13.1. The Hall–Kier alpha value is -2.35. The molecule has 5 nitrogen and oxygen atoms in total. The van der Waals surface area contributed by atoms with Crippen LogP contribution in [0.5, 0.6) is 0 Å². The van der Waals surface area contributed by atoms with Gasteiger partial charge in [0.1, 0.15) is 0 Å². The number of aliphatic carboxylic acids is 1. The quantitative estimate of drug-likeness (QED) is 0.848. The van der Waals surface area contributed by atoms with Gasteiger partial charge in [0.25, 0.3) is 0 Å². The van der Waals surface area contributed by atoms with Crippen LogP contribution in [-0.4, -0.2) is 20.9 Å². The first-order valence-corrected chi connectivity index (χ1v) is 10.2. The lowest BCUT2D eigenvalue weighted by Crippen LogP contribution is -2.32. The van der Waals surface area contributed by atoms with Gasteiger partial charge in [0.05, 0.1) is 34.7 Å². The Morgan fingerprint density at radius 2 is 2.00 bits per heavy atom. The molecule has 1 N–H and O–H groups in total. The van der Waals surface area contributed by atoms with Crippen molar-refractivity contribution in [1.29, 1.82) is 5.26 Å². The summed E-state index contributed by atoms with van der Waals surface area (Å²) in [5, 5.41) is 25.4. The monoisotopic (exact) mass is 365 g/mol. The van der Waals surface area contributed by atoms with Crippen LogP contribution < -0.4 is 0 Å². The fraction of sp³-hybridized carbons (Fsp3) is 0.591. The highest BCUT2D eigenvalue weighted by Crippen LogP contribution is 2.43. The van der Waals surface area contributed by atoms with E-state index in [2.05, 4.69) is 35.9 Å². The SMILES string of the molecule is CCc1nn(C2CCCC2)c2cc(C3(C#N)CCC(C(=O)O)CC3)ccc12. The van der Waals surface area contributed by atoms with Crippen molar-refractivity contribution in [3.63, 3.8) is 0 Å². The van der Waals surface area contributed by atoms with Crippen LogP contribution >= 0.6 is 0 Å². The Morgan fingerprint density at radius 1 is 1.30 bits per heavy atom. The van der Waals surface area contributed by atoms with Gasteiger partial charge in [0.15, 0.2) is 0 Å². The maximum absolute atomic E-state index is 11.3. The van der Waals surface area contributed by atoms with Crippen LogP contribution in [0.15, 0.2) is 18.2 Å². The van der Waals surface area contributed by atoms with Crippen molar-refractivity contribution < 1.29 is 9.90 Å². The van der Waals surface area contributed by atoms with Crippen LogP contribution in [0.1, 0.15) is 75.6 Å². The van der Waals surface area contributed by atoms with Crippen LogP contribution in [0, 0.1) is 17.2 Å². The zero-order chi connectivity index (χ0) is 19.0. The molecule has 142 valence electrons. The van der Waals surface area contributed by atoms with Crippen molar-refractivity contribution in [3.8, 4) is 6.07 Å². The lowest BCUT2D eigenvalue weighted by molar-refractivity contribution is -0.143. The number of carbonyl (C=O) groups is 1. The summed E-state index contributed by atoms with van der Waals surface area (Å²) in [5.74, 6) is -1.05. The third kappa shape index (κ3) is 3.01. The maximum atomic E-state index is 11.3. The molecule has 0 atom stereocenters.